The summed E-state index contributed by atoms with van der Waals surface area (Å²) < 4.78 is 12.5. The molecule has 4 nitrogen and oxygen atoms in total. The Kier molecular flexibility index (Phi) is 10.8. The van der Waals surface area contributed by atoms with Crippen molar-refractivity contribution < 1.29 is 19.1 Å². The zero-order chi connectivity index (χ0) is 39.2. The van der Waals surface area contributed by atoms with Crippen LogP contribution in [0, 0.1) is 0 Å². The maximum atomic E-state index is 13.0. The molecule has 276 valence electrons. The van der Waals surface area contributed by atoms with E-state index in [-0.39, 0.29) is 11.6 Å². The van der Waals surface area contributed by atoms with E-state index in [2.05, 4.69) is 72.8 Å². The predicted molar refractivity (Wildman–Crippen MR) is 228 cm³/mol. The van der Waals surface area contributed by atoms with Crippen LogP contribution in [0.1, 0.15) is 54.1 Å². The summed E-state index contributed by atoms with van der Waals surface area (Å²) in [6.45, 7) is 0. The van der Waals surface area contributed by atoms with Gasteiger partial charge in [0.25, 0.3) is 0 Å². The van der Waals surface area contributed by atoms with Gasteiger partial charge >= 0.3 is 0 Å². The number of carbonyl (C=O) groups is 2. The second-order valence-corrected chi connectivity index (χ2v) is 14.3. The predicted octanol–water partition coefficient (Wildman–Crippen LogP) is 13.4. The van der Waals surface area contributed by atoms with Crippen LogP contribution in [-0.2, 0) is 5.41 Å². The van der Waals surface area contributed by atoms with E-state index < -0.39 is 5.41 Å². The molecule has 8 aromatic carbocycles. The van der Waals surface area contributed by atoms with Gasteiger partial charge in [0.1, 0.15) is 23.0 Å². The lowest BCUT2D eigenvalue weighted by Crippen LogP contribution is -2.30. The highest BCUT2D eigenvalue weighted by Crippen LogP contribution is 2.46. The lowest BCUT2D eigenvalue weighted by atomic mass is 9.65. The second kappa shape index (κ2) is 16.6. The Morgan fingerprint density at radius 3 is 0.860 bits per heavy atom. The highest BCUT2D eigenvalue weighted by Gasteiger charge is 2.38. The third kappa shape index (κ3) is 8.01. The van der Waals surface area contributed by atoms with E-state index in [1.54, 1.807) is 97.1 Å². The lowest BCUT2D eigenvalue weighted by Gasteiger charge is -2.37. The molecule has 0 N–H and O–H groups in total. The van der Waals surface area contributed by atoms with E-state index in [0.717, 1.165) is 22.3 Å². The number of ether oxygens (including phenoxy) is 2. The molecular formula is C51H34Cl2O4. The van der Waals surface area contributed by atoms with Crippen LogP contribution in [0.5, 0.6) is 23.0 Å². The van der Waals surface area contributed by atoms with Gasteiger partial charge in [0.2, 0.25) is 0 Å². The zero-order valence-electron chi connectivity index (χ0n) is 30.5. The van der Waals surface area contributed by atoms with Crippen molar-refractivity contribution in [2.45, 2.75) is 5.41 Å². The third-order valence-corrected chi connectivity index (χ3v) is 10.4. The molecule has 0 aliphatic carbocycles. The van der Waals surface area contributed by atoms with Crippen molar-refractivity contribution in [3.05, 3.63) is 261 Å². The number of hydrogen-bond donors (Lipinski definition) is 0. The fourth-order valence-electron chi connectivity index (χ4n) is 7.08. The van der Waals surface area contributed by atoms with Gasteiger partial charge in [-0.3, -0.25) is 9.59 Å². The molecule has 0 heterocycles. The number of hydrogen-bond acceptors (Lipinski definition) is 4. The lowest BCUT2D eigenvalue weighted by molar-refractivity contribution is 0.103. The van der Waals surface area contributed by atoms with Gasteiger partial charge in [-0.15, -0.1) is 0 Å². The molecule has 57 heavy (non-hydrogen) atoms. The highest BCUT2D eigenvalue weighted by molar-refractivity contribution is 6.31. The third-order valence-electron chi connectivity index (χ3n) is 9.91. The number of rotatable bonds is 12. The van der Waals surface area contributed by atoms with Crippen molar-refractivity contribution in [3.63, 3.8) is 0 Å². The van der Waals surface area contributed by atoms with Gasteiger partial charge in [0.05, 0.1) is 5.41 Å². The molecule has 0 amide bonds. The van der Waals surface area contributed by atoms with Crippen molar-refractivity contribution in [1.29, 1.82) is 0 Å². The standard InChI is InChI=1S/C51H34Cl2O4/c52-43-23-11-35(12-24-43)49(54)37-15-27-45(28-16-37)56-47-31-19-41(20-32-47)51(39-7-3-1-4-8-39,40-9-5-2-6-10-40)42-21-33-48(34-22-42)57-46-29-17-38(18-30-46)50(55)36-13-25-44(53)26-14-36/h1-34H. The van der Waals surface area contributed by atoms with Gasteiger partial charge in [-0.2, -0.15) is 0 Å². The summed E-state index contributed by atoms with van der Waals surface area (Å²) in [5.74, 6) is 2.39. The first-order valence-corrected chi connectivity index (χ1v) is 19.1. The first-order valence-electron chi connectivity index (χ1n) is 18.4. The van der Waals surface area contributed by atoms with E-state index in [1.165, 1.54) is 0 Å². The summed E-state index contributed by atoms with van der Waals surface area (Å²) in [5.41, 5.74) is 5.87. The molecular weight excluding hydrogens is 747 g/mol. The maximum absolute atomic E-state index is 13.0. The van der Waals surface area contributed by atoms with Crippen LogP contribution >= 0.6 is 23.2 Å². The molecule has 0 atom stereocenters. The average molecular weight is 782 g/mol. The van der Waals surface area contributed by atoms with Crippen LogP contribution in [0.3, 0.4) is 0 Å². The minimum Gasteiger partial charge on any atom is -0.457 e. The van der Waals surface area contributed by atoms with Crippen LogP contribution < -0.4 is 9.47 Å². The minimum atomic E-state index is -0.688. The maximum Gasteiger partial charge on any atom is 0.193 e. The Morgan fingerprint density at radius 1 is 0.316 bits per heavy atom. The van der Waals surface area contributed by atoms with Gasteiger partial charge < -0.3 is 9.47 Å². The number of benzene rings is 8. The van der Waals surface area contributed by atoms with Gasteiger partial charge in [-0.25, -0.2) is 0 Å². The zero-order valence-corrected chi connectivity index (χ0v) is 32.0. The first kappa shape index (κ1) is 37.2. The molecule has 0 aromatic heterocycles. The quantitative estimate of drug-likeness (QED) is 0.0915. The summed E-state index contributed by atoms with van der Waals surface area (Å²) in [7, 11) is 0. The molecule has 0 bridgehead atoms. The van der Waals surface area contributed by atoms with Crippen molar-refractivity contribution >= 4 is 34.8 Å². The molecule has 0 radical (unpaired) electrons. The van der Waals surface area contributed by atoms with Crippen LogP contribution in [-0.4, -0.2) is 11.6 Å². The largest absolute Gasteiger partial charge is 0.457 e. The molecule has 0 aliphatic rings. The Bertz CT molecular complexity index is 2420. The Hall–Kier alpha value is -6.72. The molecule has 8 rings (SSSR count). The molecule has 8 aromatic rings. The van der Waals surface area contributed by atoms with Crippen LogP contribution in [0.15, 0.2) is 206 Å². The molecule has 0 saturated heterocycles. The van der Waals surface area contributed by atoms with E-state index in [4.69, 9.17) is 32.7 Å². The topological polar surface area (TPSA) is 52.6 Å². The SMILES string of the molecule is O=C(c1ccc(Cl)cc1)c1ccc(Oc2ccc(C(c3ccccc3)(c3ccccc3)c3ccc(Oc4ccc(C(=O)c5ccc(Cl)cc5)cc4)cc3)cc2)cc1. The molecule has 0 spiro atoms. The van der Waals surface area contributed by atoms with Crippen LogP contribution in [0.4, 0.5) is 0 Å². The summed E-state index contributed by atoms with van der Waals surface area (Å²) in [5, 5.41) is 1.17. The Morgan fingerprint density at radius 2 is 0.561 bits per heavy atom. The van der Waals surface area contributed by atoms with Gasteiger partial charge in [0, 0.05) is 32.3 Å². The van der Waals surface area contributed by atoms with Gasteiger partial charge in [-0.1, -0.05) is 108 Å². The summed E-state index contributed by atoms with van der Waals surface area (Å²) in [4.78, 5) is 26.0. The number of halogens is 2. The van der Waals surface area contributed by atoms with E-state index >= 15 is 0 Å². The van der Waals surface area contributed by atoms with Gasteiger partial charge in [-0.05, 0) is 144 Å². The van der Waals surface area contributed by atoms with Crippen molar-refractivity contribution in [2.24, 2.45) is 0 Å². The van der Waals surface area contributed by atoms with E-state index in [9.17, 15) is 9.59 Å². The number of carbonyl (C=O) groups excluding carboxylic acids is 2. The highest BCUT2D eigenvalue weighted by atomic mass is 35.5. The molecule has 0 fully saturated rings. The summed E-state index contributed by atoms with van der Waals surface area (Å²) in [6, 6.07) is 65.2. The molecule has 6 heteroatoms. The smallest absolute Gasteiger partial charge is 0.193 e. The van der Waals surface area contributed by atoms with E-state index in [0.29, 0.717) is 55.3 Å². The van der Waals surface area contributed by atoms with Crippen molar-refractivity contribution in [1.82, 2.24) is 0 Å². The number of ketones is 2. The van der Waals surface area contributed by atoms with Gasteiger partial charge in [0.15, 0.2) is 11.6 Å². The Labute approximate surface area is 341 Å². The molecule has 0 aliphatic heterocycles. The monoisotopic (exact) mass is 780 g/mol. The molecule has 0 unspecified atom stereocenters. The van der Waals surface area contributed by atoms with Crippen LogP contribution in [0.2, 0.25) is 10.0 Å². The average Bonchev–Trinajstić information content (AvgIpc) is 3.26. The first-order chi connectivity index (χ1) is 27.9. The van der Waals surface area contributed by atoms with Crippen molar-refractivity contribution in [2.75, 3.05) is 0 Å². The second-order valence-electron chi connectivity index (χ2n) is 13.5. The fourth-order valence-corrected chi connectivity index (χ4v) is 7.33. The summed E-state index contributed by atoms with van der Waals surface area (Å²) in [6.07, 6.45) is 0. The minimum absolute atomic E-state index is 0.0853. The van der Waals surface area contributed by atoms with E-state index in [1.807, 2.05) is 36.4 Å². The summed E-state index contributed by atoms with van der Waals surface area (Å²) >= 11 is 12.0. The van der Waals surface area contributed by atoms with Crippen molar-refractivity contribution in [3.8, 4) is 23.0 Å². The fraction of sp³-hybridized carbons (Fsp3) is 0.0196. The van der Waals surface area contributed by atoms with Crippen LogP contribution in [0.25, 0.3) is 0 Å². The normalized spacial score (nSPS) is 11.1. The Balaban J connectivity index is 1.07. The molecule has 0 saturated carbocycles.